The maximum Gasteiger partial charge on any atom is 0.306 e. The van der Waals surface area contributed by atoms with Crippen LogP contribution in [-0.2, 0) is 25.6 Å². The third-order valence-corrected chi connectivity index (χ3v) is 8.02. The molecular formula is C40H44N2O6. The summed E-state index contributed by atoms with van der Waals surface area (Å²) in [5, 5.41) is 12.2. The molecule has 0 unspecified atom stereocenters. The molecule has 0 saturated carbocycles. The zero-order valence-corrected chi connectivity index (χ0v) is 28.1. The van der Waals surface area contributed by atoms with Crippen LogP contribution in [-0.4, -0.2) is 47.2 Å². The van der Waals surface area contributed by atoms with Crippen molar-refractivity contribution in [3.63, 3.8) is 0 Å². The summed E-state index contributed by atoms with van der Waals surface area (Å²) in [6, 6.07) is 33.2. The standard InChI is InChI=1S/C40H44N2O6/c1-28-10-8-11-29(26-28)27-41-38(45)40(23-22-35(44)48-39(2,3)4)36(32-16-14-31(15-17-32)30-12-6-5-7-13-30)47-37(42-40)33-18-20-34(21-19-33)46-25-9-24-43/h5-8,10-21,26,36,43H,9,22-25,27H2,1-4H3,(H,41,45)/t36-,40-/m1/s1. The zero-order chi connectivity index (χ0) is 34.1. The summed E-state index contributed by atoms with van der Waals surface area (Å²) in [7, 11) is 0. The van der Waals surface area contributed by atoms with E-state index in [1.807, 2.05) is 119 Å². The van der Waals surface area contributed by atoms with E-state index in [2.05, 4.69) is 5.32 Å². The summed E-state index contributed by atoms with van der Waals surface area (Å²) in [5.41, 5.74) is 3.42. The van der Waals surface area contributed by atoms with Gasteiger partial charge in [0.2, 0.25) is 5.90 Å². The Morgan fingerprint density at radius 1 is 0.896 bits per heavy atom. The van der Waals surface area contributed by atoms with Crippen LogP contribution in [0.1, 0.15) is 68.4 Å². The lowest BCUT2D eigenvalue weighted by atomic mass is 9.83. The highest BCUT2D eigenvalue weighted by Crippen LogP contribution is 2.44. The molecule has 0 bridgehead atoms. The summed E-state index contributed by atoms with van der Waals surface area (Å²) in [5.74, 6) is 0.179. The van der Waals surface area contributed by atoms with Gasteiger partial charge >= 0.3 is 5.97 Å². The van der Waals surface area contributed by atoms with Gasteiger partial charge in [-0.3, -0.25) is 9.59 Å². The number of carbonyl (C=O) groups excluding carboxylic acids is 2. The van der Waals surface area contributed by atoms with Crippen LogP contribution in [0.4, 0.5) is 0 Å². The van der Waals surface area contributed by atoms with E-state index in [0.717, 1.165) is 27.8 Å². The molecule has 0 spiro atoms. The normalized spacial score (nSPS) is 17.3. The molecule has 5 rings (SSSR count). The Bertz CT molecular complexity index is 1710. The lowest BCUT2D eigenvalue weighted by Crippen LogP contribution is -2.48. The average Bonchev–Trinajstić information content (AvgIpc) is 3.47. The Kier molecular flexibility index (Phi) is 11.0. The van der Waals surface area contributed by atoms with Gasteiger partial charge in [-0.15, -0.1) is 0 Å². The number of aryl methyl sites for hydroxylation is 1. The van der Waals surface area contributed by atoms with Crippen molar-refractivity contribution in [2.45, 2.75) is 70.7 Å². The van der Waals surface area contributed by atoms with E-state index in [-0.39, 0.29) is 25.4 Å². The smallest absolute Gasteiger partial charge is 0.306 e. The van der Waals surface area contributed by atoms with Gasteiger partial charge in [0, 0.05) is 31.6 Å². The van der Waals surface area contributed by atoms with Gasteiger partial charge in [0.15, 0.2) is 11.6 Å². The van der Waals surface area contributed by atoms with Crippen LogP contribution in [0.15, 0.2) is 108 Å². The molecule has 4 aromatic rings. The largest absolute Gasteiger partial charge is 0.494 e. The van der Waals surface area contributed by atoms with E-state index in [0.29, 0.717) is 36.8 Å². The minimum absolute atomic E-state index is 0.0362. The zero-order valence-electron chi connectivity index (χ0n) is 28.1. The second kappa shape index (κ2) is 15.3. The number of nitrogens with one attached hydrogen (secondary N) is 1. The van der Waals surface area contributed by atoms with Gasteiger partial charge in [0.05, 0.1) is 6.61 Å². The lowest BCUT2D eigenvalue weighted by Gasteiger charge is -2.31. The van der Waals surface area contributed by atoms with Gasteiger partial charge in [-0.05, 0) is 80.6 Å². The molecule has 0 radical (unpaired) electrons. The third kappa shape index (κ3) is 8.69. The topological polar surface area (TPSA) is 106 Å². The first kappa shape index (κ1) is 34.4. The number of ether oxygens (including phenoxy) is 3. The fraction of sp³-hybridized carbons (Fsp3) is 0.325. The van der Waals surface area contributed by atoms with Gasteiger partial charge in [-0.25, -0.2) is 4.99 Å². The number of nitrogens with zero attached hydrogens (tertiary/aromatic N) is 1. The molecule has 1 aliphatic heterocycles. The molecule has 1 aliphatic rings. The number of aliphatic imine (C=N–C) groups is 1. The van der Waals surface area contributed by atoms with Crippen molar-refractivity contribution in [1.82, 2.24) is 5.32 Å². The monoisotopic (exact) mass is 648 g/mol. The molecule has 2 atom stereocenters. The molecular weight excluding hydrogens is 604 g/mol. The number of benzene rings is 4. The minimum Gasteiger partial charge on any atom is -0.494 e. The molecule has 2 N–H and O–H groups in total. The van der Waals surface area contributed by atoms with Gasteiger partial charge in [-0.2, -0.15) is 0 Å². The number of carbonyl (C=O) groups is 2. The van der Waals surface area contributed by atoms with E-state index in [9.17, 15) is 9.59 Å². The maximum atomic E-state index is 14.5. The van der Waals surface area contributed by atoms with Crippen LogP contribution in [0.5, 0.6) is 5.75 Å². The number of amides is 1. The van der Waals surface area contributed by atoms with Crippen molar-refractivity contribution in [3.05, 3.63) is 125 Å². The van der Waals surface area contributed by atoms with Crippen molar-refractivity contribution in [2.75, 3.05) is 13.2 Å². The Hall–Kier alpha value is -4.95. The average molecular weight is 649 g/mol. The first-order valence-electron chi connectivity index (χ1n) is 16.4. The van der Waals surface area contributed by atoms with Crippen LogP contribution >= 0.6 is 0 Å². The highest BCUT2D eigenvalue weighted by molar-refractivity contribution is 6.01. The Morgan fingerprint density at radius 3 is 2.25 bits per heavy atom. The molecule has 1 amide bonds. The fourth-order valence-corrected chi connectivity index (χ4v) is 5.69. The molecule has 4 aromatic carbocycles. The van der Waals surface area contributed by atoms with Gasteiger partial charge < -0.3 is 24.6 Å². The predicted molar refractivity (Wildman–Crippen MR) is 187 cm³/mol. The second-order valence-electron chi connectivity index (χ2n) is 13.0. The Morgan fingerprint density at radius 2 is 1.58 bits per heavy atom. The number of aliphatic hydroxyl groups is 1. The van der Waals surface area contributed by atoms with Crippen molar-refractivity contribution in [3.8, 4) is 16.9 Å². The van der Waals surface area contributed by atoms with E-state index < -0.39 is 23.2 Å². The van der Waals surface area contributed by atoms with E-state index in [1.165, 1.54) is 0 Å². The molecule has 8 heteroatoms. The summed E-state index contributed by atoms with van der Waals surface area (Å²) >= 11 is 0. The van der Waals surface area contributed by atoms with Crippen LogP contribution < -0.4 is 10.1 Å². The first-order valence-corrected chi connectivity index (χ1v) is 16.4. The first-order chi connectivity index (χ1) is 23.1. The number of rotatable bonds is 13. The van der Waals surface area contributed by atoms with Crippen molar-refractivity contribution < 1.29 is 28.9 Å². The summed E-state index contributed by atoms with van der Waals surface area (Å²) in [6.45, 7) is 8.19. The predicted octanol–water partition coefficient (Wildman–Crippen LogP) is 7.12. The molecule has 0 aliphatic carbocycles. The van der Waals surface area contributed by atoms with Crippen LogP contribution in [0.25, 0.3) is 11.1 Å². The second-order valence-corrected chi connectivity index (χ2v) is 13.0. The van der Waals surface area contributed by atoms with Gasteiger partial charge in [0.25, 0.3) is 5.91 Å². The van der Waals surface area contributed by atoms with Crippen molar-refractivity contribution in [1.29, 1.82) is 0 Å². The Labute approximate surface area is 282 Å². The fourth-order valence-electron chi connectivity index (χ4n) is 5.69. The minimum atomic E-state index is -1.47. The van der Waals surface area contributed by atoms with Crippen LogP contribution in [0.2, 0.25) is 0 Å². The molecule has 1 heterocycles. The number of esters is 1. The number of hydrogen-bond donors (Lipinski definition) is 2. The molecule has 8 nitrogen and oxygen atoms in total. The maximum absolute atomic E-state index is 14.5. The van der Waals surface area contributed by atoms with E-state index in [4.69, 9.17) is 24.3 Å². The van der Waals surface area contributed by atoms with Gasteiger partial charge in [0.1, 0.15) is 11.4 Å². The van der Waals surface area contributed by atoms with Crippen LogP contribution in [0.3, 0.4) is 0 Å². The number of aliphatic hydroxyl groups excluding tert-OH is 1. The number of hydrogen-bond acceptors (Lipinski definition) is 7. The summed E-state index contributed by atoms with van der Waals surface area (Å²) in [6.07, 6.45) is -0.262. The summed E-state index contributed by atoms with van der Waals surface area (Å²) < 4.78 is 18.0. The highest BCUT2D eigenvalue weighted by Gasteiger charge is 2.53. The molecule has 250 valence electrons. The molecule has 0 saturated heterocycles. The van der Waals surface area contributed by atoms with Gasteiger partial charge in [-0.1, -0.05) is 84.4 Å². The third-order valence-electron chi connectivity index (χ3n) is 8.02. The lowest BCUT2D eigenvalue weighted by molar-refractivity contribution is -0.155. The van der Waals surface area contributed by atoms with E-state index in [1.54, 1.807) is 12.1 Å². The molecule has 48 heavy (non-hydrogen) atoms. The van der Waals surface area contributed by atoms with Crippen LogP contribution in [0, 0.1) is 6.92 Å². The van der Waals surface area contributed by atoms with E-state index >= 15 is 0 Å². The molecule has 0 fully saturated rings. The SMILES string of the molecule is Cc1cccc(CNC(=O)[C@]2(CCC(=O)OC(C)(C)C)N=C(c3ccc(OCCCO)cc3)O[C@@H]2c2ccc(-c3ccccc3)cc2)c1. The Balaban J connectivity index is 1.53. The summed E-state index contributed by atoms with van der Waals surface area (Å²) in [4.78, 5) is 32.6. The van der Waals surface area contributed by atoms with Crippen molar-refractivity contribution >= 4 is 17.8 Å². The molecule has 0 aromatic heterocycles. The van der Waals surface area contributed by atoms with Crippen molar-refractivity contribution in [2.24, 2.45) is 4.99 Å². The highest BCUT2D eigenvalue weighted by atomic mass is 16.6. The quantitative estimate of drug-likeness (QED) is 0.118.